The van der Waals surface area contributed by atoms with Gasteiger partial charge in [0.25, 0.3) is 0 Å². The highest BCUT2D eigenvalue weighted by Crippen LogP contribution is 2.63. The van der Waals surface area contributed by atoms with E-state index in [-0.39, 0.29) is 5.41 Å². The lowest BCUT2D eigenvalue weighted by molar-refractivity contribution is -0.0696. The number of fused-ring (bicyclic) bond motifs is 3. The first-order valence-corrected chi connectivity index (χ1v) is 8.87. The van der Waals surface area contributed by atoms with Crippen LogP contribution in [0.15, 0.2) is 35.6 Å². The normalized spacial score (nSPS) is 43.7. The largest absolute Gasteiger partial charge is 0.516 e. The van der Waals surface area contributed by atoms with Crippen molar-refractivity contribution in [2.24, 2.45) is 23.2 Å². The molecule has 5 unspecified atom stereocenters. The smallest absolute Gasteiger partial charge is 0.130 e. The topological polar surface area (TPSA) is 40.5 Å². The predicted molar refractivity (Wildman–Crippen MR) is 93.7 cm³/mol. The molecule has 2 saturated carbocycles. The molecule has 0 aromatic rings. The van der Waals surface area contributed by atoms with Crippen molar-refractivity contribution in [1.29, 1.82) is 0 Å². The van der Waals surface area contributed by atoms with Crippen LogP contribution in [0.25, 0.3) is 0 Å². The Morgan fingerprint density at radius 3 is 2.65 bits per heavy atom. The Hall–Kier alpha value is -1.46. The summed E-state index contributed by atoms with van der Waals surface area (Å²) in [6, 6.07) is 0. The van der Waals surface area contributed by atoms with Crippen molar-refractivity contribution in [2.45, 2.75) is 58.0 Å². The molecule has 3 rings (SSSR count). The minimum atomic E-state index is -0.932. The molecular weight excluding hydrogens is 284 g/mol. The highest BCUT2D eigenvalue weighted by Gasteiger charge is 2.61. The summed E-state index contributed by atoms with van der Waals surface area (Å²) < 4.78 is 0. The van der Waals surface area contributed by atoms with Crippen molar-refractivity contribution < 1.29 is 10.2 Å². The molecule has 0 spiro atoms. The summed E-state index contributed by atoms with van der Waals surface area (Å²) >= 11 is 0. The van der Waals surface area contributed by atoms with Crippen molar-refractivity contribution in [2.75, 3.05) is 0 Å². The maximum absolute atomic E-state index is 10.9. The van der Waals surface area contributed by atoms with Gasteiger partial charge >= 0.3 is 0 Å². The molecule has 2 heteroatoms. The number of aliphatic hydroxyl groups excluding tert-OH is 1. The van der Waals surface area contributed by atoms with Gasteiger partial charge in [0.05, 0.1) is 6.26 Å². The third-order valence-electron chi connectivity index (χ3n) is 6.97. The minimum Gasteiger partial charge on any atom is -0.516 e. The fourth-order valence-electron chi connectivity index (χ4n) is 5.71. The Balaban J connectivity index is 1.98. The van der Waals surface area contributed by atoms with E-state index in [2.05, 4.69) is 31.9 Å². The van der Waals surface area contributed by atoms with Crippen LogP contribution >= 0.6 is 0 Å². The van der Waals surface area contributed by atoms with Gasteiger partial charge in [0, 0.05) is 5.41 Å². The summed E-state index contributed by atoms with van der Waals surface area (Å²) in [5, 5.41) is 20.1. The van der Waals surface area contributed by atoms with Crippen LogP contribution in [0.4, 0.5) is 0 Å². The molecule has 2 N–H and O–H groups in total. The van der Waals surface area contributed by atoms with E-state index in [1.165, 1.54) is 17.4 Å². The van der Waals surface area contributed by atoms with E-state index in [0.717, 1.165) is 38.5 Å². The Kier molecular flexibility index (Phi) is 4.19. The van der Waals surface area contributed by atoms with Gasteiger partial charge in [0.1, 0.15) is 5.60 Å². The van der Waals surface area contributed by atoms with Gasteiger partial charge < -0.3 is 10.2 Å². The number of allylic oxidation sites excluding steroid dienone is 5. The molecule has 0 heterocycles. The molecule has 3 aliphatic rings. The standard InChI is InChI=1S/C21H28O2/c1-4-6-16-15(11-14-22)7-8-18-17(16)9-12-20(3)19(18)10-13-21(20,23)5-2/h2,4,6,11,14,17-19,22-23H,7-10,12-13H2,1,3H3/b6-4-,14-11+. The first-order chi connectivity index (χ1) is 11.0. The summed E-state index contributed by atoms with van der Waals surface area (Å²) in [6.45, 7) is 4.26. The van der Waals surface area contributed by atoms with Crippen molar-refractivity contribution in [3.63, 3.8) is 0 Å². The summed E-state index contributed by atoms with van der Waals surface area (Å²) in [6.07, 6.45) is 19.0. The second kappa shape index (κ2) is 5.87. The molecule has 0 radical (unpaired) electrons. The molecule has 124 valence electrons. The van der Waals surface area contributed by atoms with Crippen LogP contribution in [0.1, 0.15) is 52.4 Å². The van der Waals surface area contributed by atoms with E-state index < -0.39 is 5.60 Å². The number of hydrogen-bond acceptors (Lipinski definition) is 2. The Morgan fingerprint density at radius 1 is 1.22 bits per heavy atom. The monoisotopic (exact) mass is 312 g/mol. The van der Waals surface area contributed by atoms with Crippen LogP contribution in [-0.2, 0) is 0 Å². The number of aliphatic hydroxyl groups is 2. The molecule has 0 aliphatic heterocycles. The van der Waals surface area contributed by atoms with E-state index >= 15 is 0 Å². The molecule has 2 fully saturated rings. The number of rotatable bonds is 2. The van der Waals surface area contributed by atoms with Gasteiger partial charge in [-0.3, -0.25) is 0 Å². The predicted octanol–water partition coefficient (Wildman–Crippen LogP) is 4.53. The Labute approximate surface area is 140 Å². The Bertz CT molecular complexity index is 606. The van der Waals surface area contributed by atoms with E-state index in [4.69, 9.17) is 6.42 Å². The van der Waals surface area contributed by atoms with E-state index in [1.54, 1.807) is 0 Å². The first kappa shape index (κ1) is 16.4. The molecule has 0 aromatic heterocycles. The Morgan fingerprint density at radius 2 is 2.00 bits per heavy atom. The lowest BCUT2D eigenvalue weighted by Crippen LogP contribution is -2.50. The van der Waals surface area contributed by atoms with Gasteiger partial charge in [-0.1, -0.05) is 25.0 Å². The highest BCUT2D eigenvalue weighted by atomic mass is 16.3. The molecule has 0 amide bonds. The zero-order valence-corrected chi connectivity index (χ0v) is 14.3. The molecule has 0 bridgehead atoms. The van der Waals surface area contributed by atoms with Crippen LogP contribution in [0.2, 0.25) is 0 Å². The fraction of sp³-hybridized carbons (Fsp3) is 0.619. The third-order valence-corrected chi connectivity index (χ3v) is 6.97. The zero-order valence-electron chi connectivity index (χ0n) is 14.3. The molecular formula is C21H28O2. The van der Waals surface area contributed by atoms with Gasteiger partial charge in [-0.2, -0.15) is 0 Å². The maximum atomic E-state index is 10.9. The summed E-state index contributed by atoms with van der Waals surface area (Å²) in [5.74, 6) is 4.36. The van der Waals surface area contributed by atoms with Gasteiger partial charge in [-0.15, -0.1) is 6.42 Å². The summed E-state index contributed by atoms with van der Waals surface area (Å²) in [7, 11) is 0. The lowest BCUT2D eigenvalue weighted by Gasteiger charge is -2.52. The van der Waals surface area contributed by atoms with Crippen molar-refractivity contribution in [3.05, 3.63) is 35.6 Å². The summed E-state index contributed by atoms with van der Waals surface area (Å²) in [4.78, 5) is 0. The highest BCUT2D eigenvalue weighted by molar-refractivity contribution is 5.38. The number of hydrogen-bond donors (Lipinski definition) is 2. The van der Waals surface area contributed by atoms with E-state index in [0.29, 0.717) is 17.8 Å². The molecule has 5 atom stereocenters. The molecule has 23 heavy (non-hydrogen) atoms. The van der Waals surface area contributed by atoms with Gasteiger partial charge in [-0.25, -0.2) is 0 Å². The minimum absolute atomic E-state index is 0.145. The molecule has 3 aliphatic carbocycles. The molecule has 0 saturated heterocycles. The average molecular weight is 312 g/mol. The van der Waals surface area contributed by atoms with Crippen LogP contribution < -0.4 is 0 Å². The lowest BCUT2D eigenvalue weighted by atomic mass is 9.53. The van der Waals surface area contributed by atoms with Crippen LogP contribution in [0, 0.1) is 35.5 Å². The van der Waals surface area contributed by atoms with Crippen LogP contribution in [-0.4, -0.2) is 15.8 Å². The van der Waals surface area contributed by atoms with Gasteiger partial charge in [0.15, 0.2) is 0 Å². The van der Waals surface area contributed by atoms with Crippen LogP contribution in [0.3, 0.4) is 0 Å². The first-order valence-electron chi connectivity index (χ1n) is 8.87. The van der Waals surface area contributed by atoms with Crippen molar-refractivity contribution >= 4 is 0 Å². The second-order valence-electron chi connectivity index (χ2n) is 7.71. The zero-order chi connectivity index (χ0) is 16.7. The second-order valence-corrected chi connectivity index (χ2v) is 7.71. The van der Waals surface area contributed by atoms with Crippen molar-refractivity contribution in [1.82, 2.24) is 0 Å². The van der Waals surface area contributed by atoms with Crippen molar-refractivity contribution in [3.8, 4) is 12.3 Å². The maximum Gasteiger partial charge on any atom is 0.130 e. The number of terminal acetylenes is 1. The van der Waals surface area contributed by atoms with Crippen LogP contribution in [0.5, 0.6) is 0 Å². The molecule has 0 aromatic carbocycles. The van der Waals surface area contributed by atoms with Gasteiger partial charge in [0.2, 0.25) is 0 Å². The SMILES string of the molecule is C#CC1(O)CCC2C3CCC(/C=C/O)=C(/C=C\C)C3CCC21C. The van der Waals surface area contributed by atoms with E-state index in [1.807, 2.05) is 6.08 Å². The average Bonchev–Trinajstić information content (AvgIpc) is 2.82. The summed E-state index contributed by atoms with van der Waals surface area (Å²) in [5.41, 5.74) is 1.57. The third kappa shape index (κ3) is 2.29. The molecule has 2 nitrogen and oxygen atoms in total. The fourth-order valence-corrected chi connectivity index (χ4v) is 5.71. The van der Waals surface area contributed by atoms with E-state index in [9.17, 15) is 10.2 Å². The van der Waals surface area contributed by atoms with Gasteiger partial charge in [-0.05, 0) is 80.4 Å². The quantitative estimate of drug-likeness (QED) is 0.581.